The first kappa shape index (κ1) is 23.5. The zero-order valence-electron chi connectivity index (χ0n) is 18.9. The molecule has 1 aromatic heterocycles. The minimum absolute atomic E-state index is 0.142. The van der Waals surface area contributed by atoms with E-state index in [0.717, 1.165) is 16.9 Å². The van der Waals surface area contributed by atoms with Crippen LogP contribution in [0.4, 0.5) is 5.00 Å². The van der Waals surface area contributed by atoms with Gasteiger partial charge in [-0.05, 0) is 42.7 Å². The number of carbonyl (C=O) groups is 2. The summed E-state index contributed by atoms with van der Waals surface area (Å²) in [5, 5.41) is 3.28. The van der Waals surface area contributed by atoms with E-state index in [2.05, 4.69) is 31.3 Å². The Morgan fingerprint density at radius 1 is 0.969 bits per heavy atom. The van der Waals surface area contributed by atoms with E-state index < -0.39 is 5.97 Å². The van der Waals surface area contributed by atoms with Gasteiger partial charge in [0.05, 0.1) is 12.2 Å². The average molecular weight is 452 g/mol. The van der Waals surface area contributed by atoms with Gasteiger partial charge in [0.2, 0.25) is 0 Å². The zero-order chi connectivity index (χ0) is 23.1. The van der Waals surface area contributed by atoms with Crippen LogP contribution in [0.2, 0.25) is 0 Å². The van der Waals surface area contributed by atoms with Gasteiger partial charge in [0.1, 0.15) is 10.8 Å². The van der Waals surface area contributed by atoms with Crippen molar-refractivity contribution in [1.29, 1.82) is 0 Å². The van der Waals surface area contributed by atoms with E-state index in [1.807, 2.05) is 49.4 Å². The molecule has 0 fully saturated rings. The predicted octanol–water partition coefficient (Wildman–Crippen LogP) is 5.83. The third kappa shape index (κ3) is 5.56. The Morgan fingerprint density at radius 2 is 1.62 bits per heavy atom. The summed E-state index contributed by atoms with van der Waals surface area (Å²) >= 11 is 1.38. The molecule has 0 saturated carbocycles. The normalized spacial score (nSPS) is 11.1. The van der Waals surface area contributed by atoms with Gasteiger partial charge in [-0.15, -0.1) is 11.3 Å². The number of amides is 1. The fourth-order valence-electron chi connectivity index (χ4n) is 3.37. The standard InChI is InChI=1S/C26H29NO4S/c1-5-21-16-22(25(29)30-6-2)24(32-21)27-23(28)17-31-20-14-12-19(13-15-20)26(3,4)18-10-8-7-9-11-18/h7-16H,5-6,17H2,1-4H3,(H,27,28). The molecule has 0 aliphatic rings. The van der Waals surface area contributed by atoms with Crippen LogP contribution < -0.4 is 10.1 Å². The predicted molar refractivity (Wildman–Crippen MR) is 129 cm³/mol. The maximum Gasteiger partial charge on any atom is 0.341 e. The molecule has 3 rings (SSSR count). The van der Waals surface area contributed by atoms with Crippen LogP contribution in [0, 0.1) is 0 Å². The van der Waals surface area contributed by atoms with Crippen molar-refractivity contribution in [3.63, 3.8) is 0 Å². The number of nitrogens with one attached hydrogen (secondary N) is 1. The molecule has 168 valence electrons. The molecule has 0 spiro atoms. The van der Waals surface area contributed by atoms with Crippen LogP contribution in [0.5, 0.6) is 5.75 Å². The van der Waals surface area contributed by atoms with Crippen molar-refractivity contribution in [3.05, 3.63) is 82.2 Å². The smallest absolute Gasteiger partial charge is 0.341 e. The van der Waals surface area contributed by atoms with Gasteiger partial charge in [-0.1, -0.05) is 63.2 Å². The molecule has 0 atom stereocenters. The van der Waals surface area contributed by atoms with Crippen molar-refractivity contribution in [2.24, 2.45) is 0 Å². The highest BCUT2D eigenvalue weighted by Gasteiger charge is 2.23. The van der Waals surface area contributed by atoms with Gasteiger partial charge in [0, 0.05) is 10.3 Å². The van der Waals surface area contributed by atoms with Gasteiger partial charge in [0.25, 0.3) is 5.91 Å². The molecule has 1 amide bonds. The molecule has 0 aliphatic heterocycles. The van der Waals surface area contributed by atoms with Crippen molar-refractivity contribution in [2.75, 3.05) is 18.5 Å². The number of benzene rings is 2. The second-order valence-corrected chi connectivity index (χ2v) is 9.02. The SMILES string of the molecule is CCOC(=O)c1cc(CC)sc1NC(=O)COc1ccc(C(C)(C)c2ccccc2)cc1. The number of thiophene rings is 1. The lowest BCUT2D eigenvalue weighted by Gasteiger charge is -2.26. The fraction of sp³-hybridized carbons (Fsp3) is 0.308. The molecule has 5 nitrogen and oxygen atoms in total. The molecular formula is C26H29NO4S. The summed E-state index contributed by atoms with van der Waals surface area (Å²) in [5.74, 6) is -0.149. The van der Waals surface area contributed by atoms with Crippen molar-refractivity contribution < 1.29 is 19.1 Å². The number of aryl methyl sites for hydroxylation is 1. The molecule has 1 heterocycles. The van der Waals surface area contributed by atoms with Crippen LogP contribution in [0.25, 0.3) is 0 Å². The number of anilines is 1. The summed E-state index contributed by atoms with van der Waals surface area (Å²) in [6, 6.07) is 19.9. The number of hydrogen-bond acceptors (Lipinski definition) is 5. The fourth-order valence-corrected chi connectivity index (χ4v) is 4.37. The lowest BCUT2D eigenvalue weighted by molar-refractivity contribution is -0.118. The monoisotopic (exact) mass is 451 g/mol. The third-order valence-corrected chi connectivity index (χ3v) is 6.52. The van der Waals surface area contributed by atoms with Crippen molar-refractivity contribution in [1.82, 2.24) is 0 Å². The van der Waals surface area contributed by atoms with E-state index >= 15 is 0 Å². The van der Waals surface area contributed by atoms with Gasteiger partial charge < -0.3 is 14.8 Å². The van der Waals surface area contributed by atoms with Crippen LogP contribution >= 0.6 is 11.3 Å². The molecular weight excluding hydrogens is 422 g/mol. The van der Waals surface area contributed by atoms with Gasteiger partial charge in [0.15, 0.2) is 6.61 Å². The van der Waals surface area contributed by atoms with E-state index in [9.17, 15) is 9.59 Å². The first-order valence-corrected chi connectivity index (χ1v) is 11.5. The Bertz CT molecular complexity index is 1060. The Morgan fingerprint density at radius 3 is 2.25 bits per heavy atom. The average Bonchev–Trinajstić information content (AvgIpc) is 3.21. The Hall–Kier alpha value is -3.12. The zero-order valence-corrected chi connectivity index (χ0v) is 19.8. The summed E-state index contributed by atoms with van der Waals surface area (Å²) in [6.45, 7) is 8.24. The summed E-state index contributed by atoms with van der Waals surface area (Å²) in [4.78, 5) is 25.6. The molecule has 0 radical (unpaired) electrons. The van der Waals surface area contributed by atoms with Gasteiger partial charge in [-0.25, -0.2) is 4.79 Å². The molecule has 0 unspecified atom stereocenters. The van der Waals surface area contributed by atoms with Gasteiger partial charge in [-0.3, -0.25) is 4.79 Å². The number of hydrogen-bond donors (Lipinski definition) is 1. The highest BCUT2D eigenvalue weighted by Crippen LogP contribution is 2.32. The van der Waals surface area contributed by atoms with Gasteiger partial charge in [-0.2, -0.15) is 0 Å². The van der Waals surface area contributed by atoms with E-state index in [0.29, 0.717) is 16.3 Å². The molecule has 0 bridgehead atoms. The highest BCUT2D eigenvalue weighted by molar-refractivity contribution is 7.16. The number of carbonyl (C=O) groups excluding carboxylic acids is 2. The van der Waals surface area contributed by atoms with Crippen LogP contribution in [0.3, 0.4) is 0 Å². The highest BCUT2D eigenvalue weighted by atomic mass is 32.1. The van der Waals surface area contributed by atoms with Crippen molar-refractivity contribution in [3.8, 4) is 5.75 Å². The Labute approximate surface area is 193 Å². The second-order valence-electron chi connectivity index (χ2n) is 7.88. The summed E-state index contributed by atoms with van der Waals surface area (Å²) in [7, 11) is 0. The quantitative estimate of drug-likeness (QED) is 0.416. The summed E-state index contributed by atoms with van der Waals surface area (Å²) in [5.41, 5.74) is 2.63. The van der Waals surface area contributed by atoms with Crippen LogP contribution in [0.15, 0.2) is 60.7 Å². The first-order chi connectivity index (χ1) is 15.3. The number of rotatable bonds is 9. The molecule has 3 aromatic rings. The second kappa shape index (κ2) is 10.5. The summed E-state index contributed by atoms with van der Waals surface area (Å²) in [6.07, 6.45) is 0.773. The molecule has 0 aliphatic carbocycles. The lowest BCUT2D eigenvalue weighted by Crippen LogP contribution is -2.21. The van der Waals surface area contributed by atoms with Crippen molar-refractivity contribution in [2.45, 2.75) is 39.5 Å². The minimum atomic E-state index is -0.434. The maximum atomic E-state index is 12.4. The molecule has 32 heavy (non-hydrogen) atoms. The van der Waals surface area contributed by atoms with Crippen LogP contribution in [-0.4, -0.2) is 25.1 Å². The van der Waals surface area contributed by atoms with Crippen LogP contribution in [0.1, 0.15) is 54.1 Å². The van der Waals surface area contributed by atoms with Crippen LogP contribution in [-0.2, 0) is 21.4 Å². The summed E-state index contributed by atoms with van der Waals surface area (Å²) < 4.78 is 10.8. The van der Waals surface area contributed by atoms with E-state index in [-0.39, 0.29) is 24.5 Å². The number of ether oxygens (including phenoxy) is 2. The molecule has 1 N–H and O–H groups in total. The maximum absolute atomic E-state index is 12.4. The Balaban J connectivity index is 1.62. The van der Waals surface area contributed by atoms with E-state index in [4.69, 9.17) is 9.47 Å². The topological polar surface area (TPSA) is 64.6 Å². The first-order valence-electron chi connectivity index (χ1n) is 10.7. The van der Waals surface area contributed by atoms with Gasteiger partial charge >= 0.3 is 5.97 Å². The Kier molecular flexibility index (Phi) is 7.70. The van der Waals surface area contributed by atoms with E-state index in [1.165, 1.54) is 16.9 Å². The molecule has 2 aromatic carbocycles. The molecule has 6 heteroatoms. The minimum Gasteiger partial charge on any atom is -0.484 e. The van der Waals surface area contributed by atoms with E-state index in [1.54, 1.807) is 13.0 Å². The third-order valence-electron chi connectivity index (χ3n) is 5.32. The number of esters is 1. The molecule has 0 saturated heterocycles. The lowest BCUT2D eigenvalue weighted by atomic mass is 9.78. The van der Waals surface area contributed by atoms with Crippen molar-refractivity contribution >= 4 is 28.2 Å². The largest absolute Gasteiger partial charge is 0.484 e.